The molecule has 1 saturated carbocycles. The maximum atomic E-state index is 9.23. The molecule has 0 amide bonds. The highest BCUT2D eigenvalue weighted by molar-refractivity contribution is 6.29. The molecule has 1 heterocycles. The third-order valence-electron chi connectivity index (χ3n) is 2.94. The van der Waals surface area contributed by atoms with Gasteiger partial charge in [0.05, 0.1) is 11.6 Å². The number of hydrogen-bond acceptors (Lipinski definition) is 2. The quantitative estimate of drug-likeness (QED) is 0.543. The molecule has 16 heavy (non-hydrogen) atoms. The molecule has 2 rings (SSSR count). The highest BCUT2D eigenvalue weighted by atomic mass is 35.5. The SMILES string of the molecule is N#CC(=C1CCCCC1)c1ccc(Cl)nc1. The second kappa shape index (κ2) is 5.14. The van der Waals surface area contributed by atoms with E-state index >= 15 is 0 Å². The van der Waals surface area contributed by atoms with Gasteiger partial charge in [0.1, 0.15) is 5.15 Å². The molecule has 0 spiro atoms. The molecule has 1 aromatic heterocycles. The smallest absolute Gasteiger partial charge is 0.129 e. The van der Waals surface area contributed by atoms with Gasteiger partial charge in [-0.2, -0.15) is 5.26 Å². The van der Waals surface area contributed by atoms with Crippen molar-refractivity contribution in [3.05, 3.63) is 34.6 Å². The van der Waals surface area contributed by atoms with Gasteiger partial charge in [0.2, 0.25) is 0 Å². The summed E-state index contributed by atoms with van der Waals surface area (Å²) in [6.45, 7) is 0. The fourth-order valence-corrected chi connectivity index (χ4v) is 2.21. The lowest BCUT2D eigenvalue weighted by molar-refractivity contribution is 0.601. The van der Waals surface area contributed by atoms with E-state index < -0.39 is 0 Å². The number of halogens is 1. The van der Waals surface area contributed by atoms with Gasteiger partial charge in [-0.15, -0.1) is 0 Å². The first-order valence-electron chi connectivity index (χ1n) is 5.55. The monoisotopic (exact) mass is 232 g/mol. The summed E-state index contributed by atoms with van der Waals surface area (Å²) in [6, 6.07) is 5.91. The molecule has 0 bridgehead atoms. The first-order chi connectivity index (χ1) is 7.81. The van der Waals surface area contributed by atoms with Gasteiger partial charge in [-0.1, -0.05) is 23.6 Å². The number of rotatable bonds is 1. The van der Waals surface area contributed by atoms with E-state index in [1.165, 1.54) is 24.8 Å². The Morgan fingerprint density at radius 2 is 2.00 bits per heavy atom. The largest absolute Gasteiger partial charge is 0.244 e. The second-order valence-corrected chi connectivity index (χ2v) is 4.41. The van der Waals surface area contributed by atoms with Crippen LogP contribution in [0.5, 0.6) is 0 Å². The van der Waals surface area contributed by atoms with Crippen LogP contribution in [0.4, 0.5) is 0 Å². The fourth-order valence-electron chi connectivity index (χ4n) is 2.10. The maximum Gasteiger partial charge on any atom is 0.129 e. The number of nitriles is 1. The van der Waals surface area contributed by atoms with Gasteiger partial charge in [-0.25, -0.2) is 4.98 Å². The molecule has 3 heteroatoms. The van der Waals surface area contributed by atoms with Crippen molar-refractivity contribution < 1.29 is 0 Å². The van der Waals surface area contributed by atoms with Gasteiger partial charge in [0, 0.05) is 11.8 Å². The third-order valence-corrected chi connectivity index (χ3v) is 3.16. The standard InChI is InChI=1S/C13H13ClN2/c14-13-7-6-11(9-16-13)12(8-15)10-4-2-1-3-5-10/h6-7,9H,1-5H2. The van der Waals surface area contributed by atoms with Gasteiger partial charge in [-0.05, 0) is 37.8 Å². The zero-order chi connectivity index (χ0) is 11.4. The van der Waals surface area contributed by atoms with Crippen LogP contribution in [-0.2, 0) is 0 Å². The Labute approximate surface area is 101 Å². The minimum Gasteiger partial charge on any atom is -0.244 e. The predicted molar refractivity (Wildman–Crippen MR) is 64.9 cm³/mol. The summed E-state index contributed by atoms with van der Waals surface area (Å²) in [5, 5.41) is 9.70. The third kappa shape index (κ3) is 2.43. The van der Waals surface area contributed by atoms with Gasteiger partial charge in [0.15, 0.2) is 0 Å². The van der Waals surface area contributed by atoms with E-state index in [1.54, 1.807) is 12.3 Å². The molecule has 0 atom stereocenters. The molecule has 1 aromatic rings. The summed E-state index contributed by atoms with van der Waals surface area (Å²) in [5.41, 5.74) is 2.96. The van der Waals surface area contributed by atoms with E-state index in [4.69, 9.17) is 11.6 Å². The van der Waals surface area contributed by atoms with E-state index in [0.717, 1.165) is 24.0 Å². The Morgan fingerprint density at radius 3 is 2.56 bits per heavy atom. The van der Waals surface area contributed by atoms with Crippen LogP contribution in [0, 0.1) is 11.3 Å². The molecule has 0 aliphatic heterocycles. The molecule has 0 N–H and O–H groups in total. The molecular formula is C13H13ClN2. The molecule has 0 radical (unpaired) electrons. The van der Waals surface area contributed by atoms with E-state index in [9.17, 15) is 5.26 Å². The lowest BCUT2D eigenvalue weighted by Crippen LogP contribution is -1.98. The number of nitrogens with zero attached hydrogens (tertiary/aromatic N) is 2. The Balaban J connectivity index is 2.35. The van der Waals surface area contributed by atoms with Crippen LogP contribution in [-0.4, -0.2) is 4.98 Å². The first-order valence-corrected chi connectivity index (χ1v) is 5.93. The highest BCUT2D eigenvalue weighted by Crippen LogP contribution is 2.30. The highest BCUT2D eigenvalue weighted by Gasteiger charge is 2.12. The molecule has 82 valence electrons. The summed E-state index contributed by atoms with van der Waals surface area (Å²) in [5.74, 6) is 0. The summed E-state index contributed by atoms with van der Waals surface area (Å²) in [4.78, 5) is 4.02. The molecule has 1 aliphatic carbocycles. The zero-order valence-corrected chi connectivity index (χ0v) is 9.80. The van der Waals surface area contributed by atoms with Crippen molar-refractivity contribution in [1.29, 1.82) is 5.26 Å². The van der Waals surface area contributed by atoms with Crippen LogP contribution in [0.3, 0.4) is 0 Å². The molecule has 0 aromatic carbocycles. The van der Waals surface area contributed by atoms with Crippen molar-refractivity contribution in [3.8, 4) is 6.07 Å². The number of allylic oxidation sites excluding steroid dienone is 2. The molecule has 0 unspecified atom stereocenters. The van der Waals surface area contributed by atoms with E-state index in [0.29, 0.717) is 5.15 Å². The van der Waals surface area contributed by atoms with Gasteiger partial charge >= 0.3 is 0 Å². The Hall–Kier alpha value is -1.33. The molecule has 1 fully saturated rings. The van der Waals surface area contributed by atoms with Crippen LogP contribution in [0.15, 0.2) is 23.9 Å². The topological polar surface area (TPSA) is 36.7 Å². The van der Waals surface area contributed by atoms with E-state index in [-0.39, 0.29) is 0 Å². The number of hydrogen-bond donors (Lipinski definition) is 0. The molecular weight excluding hydrogens is 220 g/mol. The van der Waals surface area contributed by atoms with Crippen LogP contribution < -0.4 is 0 Å². The molecule has 2 nitrogen and oxygen atoms in total. The van der Waals surface area contributed by atoms with E-state index in [1.807, 2.05) is 6.07 Å². The van der Waals surface area contributed by atoms with Crippen LogP contribution in [0.1, 0.15) is 37.7 Å². The summed E-state index contributed by atoms with van der Waals surface area (Å²) >= 11 is 5.74. The summed E-state index contributed by atoms with van der Waals surface area (Å²) in [7, 11) is 0. The first kappa shape index (κ1) is 11.2. The number of aromatic nitrogens is 1. The van der Waals surface area contributed by atoms with Crippen LogP contribution in [0.25, 0.3) is 5.57 Å². The minimum absolute atomic E-state index is 0.467. The van der Waals surface area contributed by atoms with Crippen molar-refractivity contribution >= 4 is 17.2 Å². The predicted octanol–water partition coefficient (Wildman–Crippen LogP) is 3.98. The van der Waals surface area contributed by atoms with Crippen molar-refractivity contribution in [1.82, 2.24) is 4.98 Å². The number of pyridine rings is 1. The fraction of sp³-hybridized carbons (Fsp3) is 0.385. The Bertz CT molecular complexity index is 432. The van der Waals surface area contributed by atoms with Gasteiger partial charge in [0.25, 0.3) is 0 Å². The zero-order valence-electron chi connectivity index (χ0n) is 9.04. The molecule has 0 saturated heterocycles. The van der Waals surface area contributed by atoms with Crippen LogP contribution >= 0.6 is 11.6 Å². The van der Waals surface area contributed by atoms with Crippen LogP contribution in [0.2, 0.25) is 5.15 Å². The maximum absolute atomic E-state index is 9.23. The Morgan fingerprint density at radius 1 is 1.25 bits per heavy atom. The normalized spacial score (nSPS) is 15.6. The lowest BCUT2D eigenvalue weighted by atomic mass is 9.89. The van der Waals surface area contributed by atoms with Crippen molar-refractivity contribution in [2.45, 2.75) is 32.1 Å². The Kier molecular flexibility index (Phi) is 3.58. The lowest BCUT2D eigenvalue weighted by Gasteiger charge is -2.15. The average molecular weight is 233 g/mol. The van der Waals surface area contributed by atoms with Crippen molar-refractivity contribution in [2.75, 3.05) is 0 Å². The van der Waals surface area contributed by atoms with Crippen molar-refractivity contribution in [3.63, 3.8) is 0 Å². The second-order valence-electron chi connectivity index (χ2n) is 4.02. The molecule has 1 aliphatic rings. The minimum atomic E-state index is 0.467. The average Bonchev–Trinajstić information content (AvgIpc) is 2.34. The van der Waals surface area contributed by atoms with Gasteiger partial charge < -0.3 is 0 Å². The van der Waals surface area contributed by atoms with E-state index in [2.05, 4.69) is 11.1 Å². The summed E-state index contributed by atoms with van der Waals surface area (Å²) < 4.78 is 0. The van der Waals surface area contributed by atoms with Crippen molar-refractivity contribution in [2.24, 2.45) is 0 Å². The van der Waals surface area contributed by atoms with Gasteiger partial charge in [-0.3, -0.25) is 0 Å². The summed E-state index contributed by atoms with van der Waals surface area (Å²) in [6.07, 6.45) is 7.45.